The number of aliphatic hydroxyl groups is 1. The van der Waals surface area contributed by atoms with Crippen LogP contribution < -0.4 is 11.1 Å². The molecule has 0 saturated heterocycles. The maximum absolute atomic E-state index is 9.59. The Bertz CT molecular complexity index is 227. The predicted octanol–water partition coefficient (Wildman–Crippen LogP) is 2.03. The molecule has 4 N–H and O–H groups in total. The van der Waals surface area contributed by atoms with E-state index in [0.717, 1.165) is 18.4 Å². The summed E-state index contributed by atoms with van der Waals surface area (Å²) in [4.78, 5) is 0. The number of hydrogen-bond donors (Lipinski definition) is 3. The van der Waals surface area contributed by atoms with Crippen LogP contribution in [-0.2, 0) is 0 Å². The Labute approximate surface area is 112 Å². The zero-order chi connectivity index (χ0) is 13.0. The summed E-state index contributed by atoms with van der Waals surface area (Å²) in [5.41, 5.74) is 6.31. The van der Waals surface area contributed by atoms with E-state index in [4.69, 9.17) is 5.73 Å². The molecule has 2 saturated carbocycles. The first-order chi connectivity index (χ1) is 8.69. The van der Waals surface area contributed by atoms with Crippen LogP contribution in [0.4, 0.5) is 0 Å². The van der Waals surface area contributed by atoms with Crippen molar-refractivity contribution in [2.45, 2.75) is 69.9 Å². The molecular formula is C15H30N2O. The predicted molar refractivity (Wildman–Crippen MR) is 75.4 cm³/mol. The first kappa shape index (κ1) is 14.3. The molecule has 0 bridgehead atoms. The molecule has 2 aliphatic carbocycles. The molecule has 0 spiro atoms. The monoisotopic (exact) mass is 254 g/mol. The zero-order valence-electron chi connectivity index (χ0n) is 11.8. The standard InChI is InChI=1S/C15H30N2O/c1-12(18)10-17-15(11-16,13-6-2-3-7-13)14-8-4-5-9-14/h12-14,17-18H,2-11,16H2,1H3. The van der Waals surface area contributed by atoms with Crippen LogP contribution >= 0.6 is 0 Å². The summed E-state index contributed by atoms with van der Waals surface area (Å²) < 4.78 is 0. The Morgan fingerprint density at radius 3 is 1.89 bits per heavy atom. The molecule has 0 radical (unpaired) electrons. The molecule has 0 aromatic heterocycles. The third kappa shape index (κ3) is 2.89. The van der Waals surface area contributed by atoms with Gasteiger partial charge in [0.2, 0.25) is 0 Å². The van der Waals surface area contributed by atoms with Crippen molar-refractivity contribution < 1.29 is 5.11 Å². The maximum atomic E-state index is 9.59. The molecule has 3 nitrogen and oxygen atoms in total. The lowest BCUT2D eigenvalue weighted by molar-refractivity contribution is 0.103. The van der Waals surface area contributed by atoms with Crippen molar-refractivity contribution in [1.82, 2.24) is 5.32 Å². The van der Waals surface area contributed by atoms with Gasteiger partial charge >= 0.3 is 0 Å². The van der Waals surface area contributed by atoms with Crippen molar-refractivity contribution >= 4 is 0 Å². The van der Waals surface area contributed by atoms with E-state index in [1.54, 1.807) is 0 Å². The second-order valence-electron chi connectivity index (χ2n) is 6.44. The van der Waals surface area contributed by atoms with Gasteiger partial charge in [0.05, 0.1) is 6.10 Å². The third-order valence-electron chi connectivity index (χ3n) is 5.23. The van der Waals surface area contributed by atoms with Crippen molar-refractivity contribution in [2.24, 2.45) is 17.6 Å². The van der Waals surface area contributed by atoms with Crippen LogP contribution in [0.5, 0.6) is 0 Å². The summed E-state index contributed by atoms with van der Waals surface area (Å²) in [6.07, 6.45) is 10.4. The Morgan fingerprint density at radius 1 is 1.11 bits per heavy atom. The number of aliphatic hydroxyl groups excluding tert-OH is 1. The Morgan fingerprint density at radius 2 is 1.56 bits per heavy atom. The Hall–Kier alpha value is -0.120. The second kappa shape index (κ2) is 6.36. The molecule has 106 valence electrons. The highest BCUT2D eigenvalue weighted by Gasteiger charge is 2.45. The SMILES string of the molecule is CC(O)CNC(CN)(C1CCCC1)C1CCCC1. The minimum absolute atomic E-state index is 0.101. The normalized spacial score (nSPS) is 24.8. The van der Waals surface area contributed by atoms with Crippen molar-refractivity contribution in [3.8, 4) is 0 Å². The van der Waals surface area contributed by atoms with E-state index in [1.165, 1.54) is 51.4 Å². The van der Waals surface area contributed by atoms with Crippen molar-refractivity contribution in [3.63, 3.8) is 0 Å². The fourth-order valence-corrected chi connectivity index (χ4v) is 4.25. The molecule has 3 heteroatoms. The van der Waals surface area contributed by atoms with Gasteiger partial charge in [-0.3, -0.25) is 0 Å². The average Bonchev–Trinajstić information content (AvgIpc) is 3.03. The summed E-state index contributed by atoms with van der Waals surface area (Å²) >= 11 is 0. The highest BCUT2D eigenvalue weighted by atomic mass is 16.3. The van der Waals surface area contributed by atoms with Gasteiger partial charge in [-0.25, -0.2) is 0 Å². The molecule has 2 rings (SSSR count). The summed E-state index contributed by atoms with van der Waals surface area (Å²) in [6, 6.07) is 0. The summed E-state index contributed by atoms with van der Waals surface area (Å²) in [6.45, 7) is 3.27. The van der Waals surface area contributed by atoms with Gasteiger partial charge in [-0.05, 0) is 44.4 Å². The fraction of sp³-hybridized carbons (Fsp3) is 1.00. The largest absolute Gasteiger partial charge is 0.392 e. The molecule has 1 unspecified atom stereocenters. The summed E-state index contributed by atoms with van der Waals surface area (Å²) in [5.74, 6) is 1.45. The third-order valence-corrected chi connectivity index (χ3v) is 5.23. The van der Waals surface area contributed by atoms with Gasteiger partial charge in [0.25, 0.3) is 0 Å². The number of β-amino-alcohol motifs (C(OH)–C–C–N with tert-alkyl or cyclic N) is 1. The van der Waals surface area contributed by atoms with Crippen LogP contribution in [0, 0.1) is 11.8 Å². The smallest absolute Gasteiger partial charge is 0.0636 e. The lowest BCUT2D eigenvalue weighted by Gasteiger charge is -2.45. The van der Waals surface area contributed by atoms with Crippen LogP contribution in [0.25, 0.3) is 0 Å². The summed E-state index contributed by atoms with van der Waals surface area (Å²) in [5, 5.41) is 13.3. The maximum Gasteiger partial charge on any atom is 0.0636 e. The first-order valence-corrected chi connectivity index (χ1v) is 7.82. The van der Waals surface area contributed by atoms with Gasteiger partial charge in [-0.15, -0.1) is 0 Å². The molecule has 1 atom stereocenters. The van der Waals surface area contributed by atoms with Gasteiger partial charge in [-0.1, -0.05) is 25.7 Å². The lowest BCUT2D eigenvalue weighted by atomic mass is 9.71. The van der Waals surface area contributed by atoms with Crippen LogP contribution in [0.2, 0.25) is 0 Å². The van der Waals surface area contributed by atoms with Crippen LogP contribution in [0.15, 0.2) is 0 Å². The number of hydrogen-bond acceptors (Lipinski definition) is 3. The molecular weight excluding hydrogens is 224 g/mol. The molecule has 0 aromatic carbocycles. The summed E-state index contributed by atoms with van der Waals surface area (Å²) in [7, 11) is 0. The van der Waals surface area contributed by atoms with E-state index in [2.05, 4.69) is 5.32 Å². The van der Waals surface area contributed by atoms with Crippen molar-refractivity contribution in [1.29, 1.82) is 0 Å². The van der Waals surface area contributed by atoms with Gasteiger partial charge in [0, 0.05) is 18.6 Å². The topological polar surface area (TPSA) is 58.3 Å². The molecule has 0 amide bonds. The van der Waals surface area contributed by atoms with Crippen LogP contribution in [-0.4, -0.2) is 29.8 Å². The van der Waals surface area contributed by atoms with Gasteiger partial charge < -0.3 is 16.2 Å². The highest BCUT2D eigenvalue weighted by Crippen LogP contribution is 2.44. The van der Waals surface area contributed by atoms with E-state index < -0.39 is 0 Å². The number of rotatable bonds is 6. The average molecular weight is 254 g/mol. The van der Waals surface area contributed by atoms with E-state index in [1.807, 2.05) is 6.92 Å². The Balaban J connectivity index is 2.11. The highest BCUT2D eigenvalue weighted by molar-refractivity contribution is 5.03. The minimum atomic E-state index is -0.279. The fourth-order valence-electron chi connectivity index (χ4n) is 4.25. The molecule has 0 aliphatic heterocycles. The second-order valence-corrected chi connectivity index (χ2v) is 6.44. The lowest BCUT2D eigenvalue weighted by Crippen LogP contribution is -2.61. The molecule has 2 fully saturated rings. The van der Waals surface area contributed by atoms with E-state index in [9.17, 15) is 5.11 Å². The van der Waals surface area contributed by atoms with Gasteiger partial charge in [-0.2, -0.15) is 0 Å². The first-order valence-electron chi connectivity index (χ1n) is 7.82. The van der Waals surface area contributed by atoms with Crippen LogP contribution in [0.1, 0.15) is 58.3 Å². The minimum Gasteiger partial charge on any atom is -0.392 e. The zero-order valence-corrected chi connectivity index (χ0v) is 11.8. The Kier molecular flexibility index (Phi) is 5.05. The van der Waals surface area contributed by atoms with Gasteiger partial charge in [0.15, 0.2) is 0 Å². The molecule has 18 heavy (non-hydrogen) atoms. The van der Waals surface area contributed by atoms with E-state index >= 15 is 0 Å². The quantitative estimate of drug-likeness (QED) is 0.680. The molecule has 0 heterocycles. The van der Waals surface area contributed by atoms with Crippen molar-refractivity contribution in [3.05, 3.63) is 0 Å². The van der Waals surface area contributed by atoms with Crippen molar-refractivity contribution in [2.75, 3.05) is 13.1 Å². The van der Waals surface area contributed by atoms with Gasteiger partial charge in [0.1, 0.15) is 0 Å². The number of nitrogens with two attached hydrogens (primary N) is 1. The van der Waals surface area contributed by atoms with E-state index in [-0.39, 0.29) is 11.6 Å². The molecule has 2 aliphatic rings. The van der Waals surface area contributed by atoms with Crippen LogP contribution in [0.3, 0.4) is 0 Å². The number of nitrogens with one attached hydrogen (secondary N) is 1. The molecule has 0 aromatic rings. The van der Waals surface area contributed by atoms with E-state index in [0.29, 0.717) is 6.54 Å².